The zero-order valence-electron chi connectivity index (χ0n) is 7.88. The van der Waals surface area contributed by atoms with Gasteiger partial charge in [-0.2, -0.15) is 0 Å². The molecule has 1 aromatic rings. The molecule has 12 heavy (non-hydrogen) atoms. The van der Waals surface area contributed by atoms with Crippen LogP contribution >= 0.6 is 0 Å². The Hall–Kier alpha value is -0.780. The molecule has 0 heterocycles. The molecule has 0 heteroatoms. The molecule has 0 amide bonds. The average molecular weight is 160 g/mol. The maximum atomic E-state index is 2.36. The molecular formula is C12H16. The van der Waals surface area contributed by atoms with Gasteiger partial charge in [0.25, 0.3) is 0 Å². The van der Waals surface area contributed by atoms with Crippen LogP contribution < -0.4 is 0 Å². The molecule has 0 bridgehead atoms. The summed E-state index contributed by atoms with van der Waals surface area (Å²) in [5.74, 6) is 1.62. The fourth-order valence-electron chi connectivity index (χ4n) is 2.15. The van der Waals surface area contributed by atoms with Crippen LogP contribution in [0.5, 0.6) is 0 Å². The lowest BCUT2D eigenvalue weighted by molar-refractivity contribution is 0.426. The molecule has 1 aromatic carbocycles. The summed E-state index contributed by atoms with van der Waals surface area (Å²) in [7, 11) is 0. The van der Waals surface area contributed by atoms with Crippen molar-refractivity contribution in [3.63, 3.8) is 0 Å². The van der Waals surface area contributed by atoms with E-state index in [4.69, 9.17) is 0 Å². The molecule has 2 atom stereocenters. The van der Waals surface area contributed by atoms with Crippen LogP contribution in [-0.2, 0) is 6.42 Å². The Balaban J connectivity index is 2.42. The van der Waals surface area contributed by atoms with Gasteiger partial charge in [-0.15, -0.1) is 0 Å². The summed E-state index contributed by atoms with van der Waals surface area (Å²) in [4.78, 5) is 0. The van der Waals surface area contributed by atoms with E-state index in [0.717, 1.165) is 11.8 Å². The van der Waals surface area contributed by atoms with Crippen molar-refractivity contribution in [2.75, 3.05) is 0 Å². The molecule has 0 nitrogen and oxygen atoms in total. The minimum Gasteiger partial charge on any atom is -0.0620 e. The molecule has 0 spiro atoms. The van der Waals surface area contributed by atoms with Crippen molar-refractivity contribution in [3.05, 3.63) is 35.4 Å². The first-order valence-corrected chi connectivity index (χ1v) is 4.87. The molecule has 0 aliphatic heterocycles. The standard InChI is InChI=1S/C12H16/c1-9-7-8-11-5-3-4-6-12(11)10(9)2/h3-6,9-10H,7-8H2,1-2H3/t9-,10+/m1/s1. The number of fused-ring (bicyclic) bond motifs is 1. The average Bonchev–Trinajstić information content (AvgIpc) is 2.12. The van der Waals surface area contributed by atoms with Crippen molar-refractivity contribution in [3.8, 4) is 0 Å². The van der Waals surface area contributed by atoms with Gasteiger partial charge >= 0.3 is 0 Å². The van der Waals surface area contributed by atoms with E-state index >= 15 is 0 Å². The molecule has 0 saturated heterocycles. The highest BCUT2D eigenvalue weighted by Crippen LogP contribution is 2.34. The van der Waals surface area contributed by atoms with Crippen LogP contribution in [0.15, 0.2) is 24.3 Å². The second kappa shape index (κ2) is 2.93. The van der Waals surface area contributed by atoms with Gasteiger partial charge in [0, 0.05) is 0 Å². The summed E-state index contributed by atoms with van der Waals surface area (Å²) >= 11 is 0. The van der Waals surface area contributed by atoms with Crippen molar-refractivity contribution in [1.29, 1.82) is 0 Å². The zero-order valence-corrected chi connectivity index (χ0v) is 7.88. The minimum atomic E-state index is 0.759. The fourth-order valence-corrected chi connectivity index (χ4v) is 2.15. The highest BCUT2D eigenvalue weighted by atomic mass is 14.3. The third-order valence-electron chi connectivity index (χ3n) is 3.27. The minimum absolute atomic E-state index is 0.759. The Morgan fingerprint density at radius 1 is 1.17 bits per heavy atom. The van der Waals surface area contributed by atoms with Crippen LogP contribution in [0, 0.1) is 5.92 Å². The maximum Gasteiger partial charge on any atom is -0.0162 e. The Morgan fingerprint density at radius 2 is 1.92 bits per heavy atom. The van der Waals surface area contributed by atoms with Gasteiger partial charge in [-0.3, -0.25) is 0 Å². The second-order valence-corrected chi connectivity index (χ2v) is 4.00. The van der Waals surface area contributed by atoms with Crippen LogP contribution in [0.3, 0.4) is 0 Å². The molecule has 2 rings (SSSR count). The van der Waals surface area contributed by atoms with Gasteiger partial charge in [0.2, 0.25) is 0 Å². The van der Waals surface area contributed by atoms with E-state index in [9.17, 15) is 0 Å². The highest BCUT2D eigenvalue weighted by Gasteiger charge is 2.21. The molecule has 64 valence electrons. The van der Waals surface area contributed by atoms with Gasteiger partial charge in [0.05, 0.1) is 0 Å². The lowest BCUT2D eigenvalue weighted by atomic mass is 9.77. The van der Waals surface area contributed by atoms with Gasteiger partial charge in [-0.1, -0.05) is 38.1 Å². The molecule has 0 N–H and O–H groups in total. The predicted molar refractivity (Wildman–Crippen MR) is 52.3 cm³/mol. The lowest BCUT2D eigenvalue weighted by Crippen LogP contribution is -2.15. The molecule has 0 saturated carbocycles. The maximum absolute atomic E-state index is 2.36. The van der Waals surface area contributed by atoms with E-state index in [0.29, 0.717) is 0 Å². The van der Waals surface area contributed by atoms with E-state index < -0.39 is 0 Å². The van der Waals surface area contributed by atoms with E-state index in [1.165, 1.54) is 12.8 Å². The van der Waals surface area contributed by atoms with Crippen molar-refractivity contribution in [1.82, 2.24) is 0 Å². The van der Waals surface area contributed by atoms with E-state index in [-0.39, 0.29) is 0 Å². The van der Waals surface area contributed by atoms with Crippen LogP contribution in [0.4, 0.5) is 0 Å². The number of benzene rings is 1. The molecule has 0 unspecified atom stereocenters. The van der Waals surface area contributed by atoms with E-state index in [1.807, 2.05) is 0 Å². The van der Waals surface area contributed by atoms with Gasteiger partial charge in [0.1, 0.15) is 0 Å². The number of rotatable bonds is 0. The Morgan fingerprint density at radius 3 is 2.75 bits per heavy atom. The fraction of sp³-hybridized carbons (Fsp3) is 0.500. The summed E-state index contributed by atoms with van der Waals surface area (Å²) in [6.45, 7) is 4.71. The number of aryl methyl sites for hydroxylation is 1. The molecule has 0 radical (unpaired) electrons. The van der Waals surface area contributed by atoms with Crippen molar-refractivity contribution in [2.24, 2.45) is 5.92 Å². The van der Waals surface area contributed by atoms with Crippen LogP contribution in [0.25, 0.3) is 0 Å². The molecule has 0 aromatic heterocycles. The first-order chi connectivity index (χ1) is 5.79. The SMILES string of the molecule is C[C@@H]1CCc2ccccc2[C@H]1C. The van der Waals surface area contributed by atoms with Gasteiger partial charge in [-0.05, 0) is 35.8 Å². The Bertz CT molecular complexity index is 275. The van der Waals surface area contributed by atoms with Gasteiger partial charge < -0.3 is 0 Å². The summed E-state index contributed by atoms with van der Waals surface area (Å²) in [6.07, 6.45) is 2.64. The third-order valence-corrected chi connectivity index (χ3v) is 3.27. The van der Waals surface area contributed by atoms with Crippen LogP contribution in [0.1, 0.15) is 37.3 Å². The first-order valence-electron chi connectivity index (χ1n) is 4.87. The summed E-state index contributed by atoms with van der Waals surface area (Å²) in [5, 5.41) is 0. The van der Waals surface area contributed by atoms with E-state index in [1.54, 1.807) is 11.1 Å². The molecule has 0 fully saturated rings. The van der Waals surface area contributed by atoms with Crippen LogP contribution in [-0.4, -0.2) is 0 Å². The third kappa shape index (κ3) is 1.16. The van der Waals surface area contributed by atoms with Gasteiger partial charge in [0.15, 0.2) is 0 Å². The zero-order chi connectivity index (χ0) is 8.55. The normalized spacial score (nSPS) is 28.2. The Labute approximate surface area is 74.6 Å². The van der Waals surface area contributed by atoms with Gasteiger partial charge in [-0.25, -0.2) is 0 Å². The van der Waals surface area contributed by atoms with E-state index in [2.05, 4.69) is 38.1 Å². The monoisotopic (exact) mass is 160 g/mol. The largest absolute Gasteiger partial charge is 0.0620 e. The summed E-state index contributed by atoms with van der Waals surface area (Å²) < 4.78 is 0. The first kappa shape index (κ1) is 7.85. The molecular weight excluding hydrogens is 144 g/mol. The predicted octanol–water partition coefficient (Wildman–Crippen LogP) is 3.37. The molecule has 1 aliphatic rings. The highest BCUT2D eigenvalue weighted by molar-refractivity contribution is 5.32. The van der Waals surface area contributed by atoms with Crippen molar-refractivity contribution >= 4 is 0 Å². The quantitative estimate of drug-likeness (QED) is 0.546. The van der Waals surface area contributed by atoms with Crippen LogP contribution in [0.2, 0.25) is 0 Å². The van der Waals surface area contributed by atoms with Crippen molar-refractivity contribution < 1.29 is 0 Å². The summed E-state index contributed by atoms with van der Waals surface area (Å²) in [5.41, 5.74) is 3.15. The lowest BCUT2D eigenvalue weighted by Gasteiger charge is -2.28. The number of hydrogen-bond acceptors (Lipinski definition) is 0. The Kier molecular flexibility index (Phi) is 1.92. The smallest absolute Gasteiger partial charge is 0.0162 e. The van der Waals surface area contributed by atoms with Crippen molar-refractivity contribution in [2.45, 2.75) is 32.6 Å². The summed E-state index contributed by atoms with van der Waals surface area (Å²) in [6, 6.07) is 8.88. The second-order valence-electron chi connectivity index (χ2n) is 4.00. The topological polar surface area (TPSA) is 0 Å². The number of hydrogen-bond donors (Lipinski definition) is 0. The molecule has 1 aliphatic carbocycles.